The zero-order chi connectivity index (χ0) is 15.9. The van der Waals surface area contributed by atoms with Crippen molar-refractivity contribution < 1.29 is 19.4 Å². The number of rotatable bonds is 4. The first kappa shape index (κ1) is 16.1. The lowest BCUT2D eigenvalue weighted by atomic mass is 9.90. The van der Waals surface area contributed by atoms with E-state index >= 15 is 0 Å². The summed E-state index contributed by atoms with van der Waals surface area (Å²) in [6.45, 7) is 3.22. The standard InChI is InChI=1S/C16H22N2O4/c1-12(14-7-9-18(10-8-14)16(20)21)17-15(19)22-11-13-5-3-2-4-6-13/h2-6,12,14H,7-11H2,1H3,(H,17,19)(H,20,21)/t12-/m1/s1. The molecule has 0 spiro atoms. The number of ether oxygens (including phenoxy) is 1. The predicted octanol–water partition coefficient (Wildman–Crippen LogP) is 2.69. The molecule has 6 nitrogen and oxygen atoms in total. The van der Waals surface area contributed by atoms with Crippen molar-refractivity contribution in [1.29, 1.82) is 0 Å². The van der Waals surface area contributed by atoms with Gasteiger partial charge in [-0.05, 0) is 31.2 Å². The van der Waals surface area contributed by atoms with E-state index in [0.717, 1.165) is 18.4 Å². The van der Waals surface area contributed by atoms with E-state index in [9.17, 15) is 9.59 Å². The van der Waals surface area contributed by atoms with Gasteiger partial charge in [0.25, 0.3) is 0 Å². The zero-order valence-corrected chi connectivity index (χ0v) is 12.7. The van der Waals surface area contributed by atoms with Crippen molar-refractivity contribution >= 4 is 12.2 Å². The van der Waals surface area contributed by atoms with Crippen LogP contribution in [0.4, 0.5) is 9.59 Å². The van der Waals surface area contributed by atoms with E-state index in [1.165, 1.54) is 4.90 Å². The highest BCUT2D eigenvalue weighted by atomic mass is 16.5. The molecule has 0 radical (unpaired) electrons. The Kier molecular flexibility index (Phi) is 5.63. The van der Waals surface area contributed by atoms with E-state index in [1.807, 2.05) is 37.3 Å². The fourth-order valence-corrected chi connectivity index (χ4v) is 2.66. The second-order valence-corrected chi connectivity index (χ2v) is 5.60. The molecule has 1 saturated heterocycles. The summed E-state index contributed by atoms with van der Waals surface area (Å²) in [7, 11) is 0. The minimum Gasteiger partial charge on any atom is -0.465 e. The summed E-state index contributed by atoms with van der Waals surface area (Å²) in [5.41, 5.74) is 0.945. The molecule has 6 heteroatoms. The first-order valence-corrected chi connectivity index (χ1v) is 7.51. The molecule has 22 heavy (non-hydrogen) atoms. The number of carbonyl (C=O) groups excluding carboxylic acids is 1. The van der Waals surface area contributed by atoms with E-state index in [1.54, 1.807) is 0 Å². The Morgan fingerprint density at radius 1 is 1.32 bits per heavy atom. The summed E-state index contributed by atoms with van der Waals surface area (Å²) >= 11 is 0. The van der Waals surface area contributed by atoms with Crippen molar-refractivity contribution in [2.24, 2.45) is 5.92 Å². The van der Waals surface area contributed by atoms with Gasteiger partial charge in [0.2, 0.25) is 0 Å². The van der Waals surface area contributed by atoms with E-state index in [2.05, 4.69) is 5.32 Å². The van der Waals surface area contributed by atoms with Gasteiger partial charge >= 0.3 is 12.2 Å². The summed E-state index contributed by atoms with van der Waals surface area (Å²) in [5, 5.41) is 11.8. The molecule has 0 aromatic heterocycles. The van der Waals surface area contributed by atoms with Gasteiger partial charge in [-0.3, -0.25) is 0 Å². The Labute approximate surface area is 130 Å². The Balaban J connectivity index is 1.71. The van der Waals surface area contributed by atoms with Crippen molar-refractivity contribution in [3.8, 4) is 0 Å². The number of hydrogen-bond donors (Lipinski definition) is 2. The largest absolute Gasteiger partial charge is 0.465 e. The summed E-state index contributed by atoms with van der Waals surface area (Å²) < 4.78 is 5.19. The molecule has 0 aliphatic carbocycles. The molecule has 1 heterocycles. The van der Waals surface area contributed by atoms with Gasteiger partial charge in [0.15, 0.2) is 0 Å². The lowest BCUT2D eigenvalue weighted by Gasteiger charge is -2.33. The molecule has 0 bridgehead atoms. The number of hydrogen-bond acceptors (Lipinski definition) is 3. The van der Waals surface area contributed by atoms with Crippen LogP contribution in [-0.2, 0) is 11.3 Å². The molecule has 0 unspecified atom stereocenters. The molecule has 0 saturated carbocycles. The van der Waals surface area contributed by atoms with Crippen LogP contribution in [0.1, 0.15) is 25.3 Å². The second-order valence-electron chi connectivity index (χ2n) is 5.60. The van der Waals surface area contributed by atoms with Crippen LogP contribution in [0.2, 0.25) is 0 Å². The van der Waals surface area contributed by atoms with Gasteiger partial charge in [-0.2, -0.15) is 0 Å². The van der Waals surface area contributed by atoms with Gasteiger partial charge in [0, 0.05) is 19.1 Å². The Morgan fingerprint density at radius 3 is 2.55 bits per heavy atom. The van der Waals surface area contributed by atoms with Gasteiger partial charge in [0.1, 0.15) is 6.61 Å². The van der Waals surface area contributed by atoms with Crippen molar-refractivity contribution in [3.63, 3.8) is 0 Å². The molecule has 1 fully saturated rings. The number of nitrogens with zero attached hydrogens (tertiary/aromatic N) is 1. The van der Waals surface area contributed by atoms with Crippen LogP contribution in [0, 0.1) is 5.92 Å². The van der Waals surface area contributed by atoms with Gasteiger partial charge < -0.3 is 20.1 Å². The molecule has 2 N–H and O–H groups in total. The van der Waals surface area contributed by atoms with Crippen molar-refractivity contribution in [1.82, 2.24) is 10.2 Å². The van der Waals surface area contributed by atoms with Crippen molar-refractivity contribution in [2.75, 3.05) is 13.1 Å². The fourth-order valence-electron chi connectivity index (χ4n) is 2.66. The van der Waals surface area contributed by atoms with Crippen LogP contribution >= 0.6 is 0 Å². The highest BCUT2D eigenvalue weighted by Gasteiger charge is 2.27. The number of carbonyl (C=O) groups is 2. The molecule has 1 aliphatic heterocycles. The van der Waals surface area contributed by atoms with Crippen LogP contribution < -0.4 is 5.32 Å². The number of benzene rings is 1. The lowest BCUT2D eigenvalue weighted by molar-refractivity contribution is 0.110. The third-order valence-corrected chi connectivity index (χ3v) is 4.08. The van der Waals surface area contributed by atoms with E-state index < -0.39 is 12.2 Å². The first-order chi connectivity index (χ1) is 10.6. The van der Waals surface area contributed by atoms with Gasteiger partial charge in [-0.25, -0.2) is 9.59 Å². The zero-order valence-electron chi connectivity index (χ0n) is 12.7. The van der Waals surface area contributed by atoms with Crippen LogP contribution in [0.25, 0.3) is 0 Å². The second kappa shape index (κ2) is 7.68. The Hall–Kier alpha value is -2.24. The quantitative estimate of drug-likeness (QED) is 0.896. The van der Waals surface area contributed by atoms with E-state index in [4.69, 9.17) is 9.84 Å². The lowest BCUT2D eigenvalue weighted by Crippen LogP contribution is -2.45. The number of amides is 2. The van der Waals surface area contributed by atoms with E-state index in [-0.39, 0.29) is 18.6 Å². The summed E-state index contributed by atoms with van der Waals surface area (Å²) in [6, 6.07) is 9.48. The van der Waals surface area contributed by atoms with Crippen molar-refractivity contribution in [3.05, 3.63) is 35.9 Å². The summed E-state index contributed by atoms with van der Waals surface area (Å²) in [5.74, 6) is 0.278. The topological polar surface area (TPSA) is 78.9 Å². The normalized spacial score (nSPS) is 16.9. The monoisotopic (exact) mass is 306 g/mol. The van der Waals surface area contributed by atoms with Gasteiger partial charge in [-0.15, -0.1) is 0 Å². The summed E-state index contributed by atoms with van der Waals surface area (Å²) in [4.78, 5) is 24.1. The molecule has 1 atom stereocenters. The molecule has 2 rings (SSSR count). The number of alkyl carbamates (subject to hydrolysis) is 1. The third kappa shape index (κ3) is 4.65. The molecular formula is C16H22N2O4. The maximum absolute atomic E-state index is 11.8. The fraction of sp³-hybridized carbons (Fsp3) is 0.500. The van der Waals surface area contributed by atoms with Crippen LogP contribution in [-0.4, -0.2) is 41.3 Å². The van der Waals surface area contributed by atoms with Gasteiger partial charge in [0.05, 0.1) is 0 Å². The molecule has 1 aromatic carbocycles. The Morgan fingerprint density at radius 2 is 1.95 bits per heavy atom. The van der Waals surface area contributed by atoms with E-state index in [0.29, 0.717) is 13.1 Å². The Bertz CT molecular complexity index is 498. The first-order valence-electron chi connectivity index (χ1n) is 7.51. The van der Waals surface area contributed by atoms with Crippen molar-refractivity contribution in [2.45, 2.75) is 32.4 Å². The average molecular weight is 306 g/mol. The maximum atomic E-state index is 11.8. The molecule has 120 valence electrons. The molecule has 2 amide bonds. The molecule has 1 aromatic rings. The summed E-state index contributed by atoms with van der Waals surface area (Å²) in [6.07, 6.45) is 0.206. The molecule has 1 aliphatic rings. The van der Waals surface area contributed by atoms with Crippen LogP contribution in [0.5, 0.6) is 0 Å². The van der Waals surface area contributed by atoms with Gasteiger partial charge in [-0.1, -0.05) is 30.3 Å². The number of piperidine rings is 1. The van der Waals surface area contributed by atoms with Crippen LogP contribution in [0.3, 0.4) is 0 Å². The number of carboxylic acid groups (broad SMARTS) is 1. The number of nitrogens with one attached hydrogen (secondary N) is 1. The van der Waals surface area contributed by atoms with Crippen LogP contribution in [0.15, 0.2) is 30.3 Å². The average Bonchev–Trinajstić information content (AvgIpc) is 2.54. The number of likely N-dealkylation sites (tertiary alicyclic amines) is 1. The maximum Gasteiger partial charge on any atom is 0.407 e. The highest BCUT2D eigenvalue weighted by Crippen LogP contribution is 2.20. The minimum atomic E-state index is -0.874. The minimum absolute atomic E-state index is 0.0285. The third-order valence-electron chi connectivity index (χ3n) is 4.08. The highest BCUT2D eigenvalue weighted by molar-refractivity contribution is 5.67. The molecular weight excluding hydrogens is 284 g/mol. The predicted molar refractivity (Wildman–Crippen MR) is 81.5 cm³/mol. The SMILES string of the molecule is C[C@@H](NC(=O)OCc1ccccc1)C1CCN(C(=O)O)CC1. The smallest absolute Gasteiger partial charge is 0.407 e.